The molecule has 0 aliphatic heterocycles. The summed E-state index contributed by atoms with van der Waals surface area (Å²) in [7, 11) is -2.89. The van der Waals surface area contributed by atoms with E-state index < -0.39 is 16.1 Å². The van der Waals surface area contributed by atoms with Crippen LogP contribution in [0.1, 0.15) is 30.4 Å². The van der Waals surface area contributed by atoms with E-state index >= 15 is 0 Å². The van der Waals surface area contributed by atoms with Gasteiger partial charge in [0.15, 0.2) is 5.82 Å². The Balaban J connectivity index is 1.56. The smallest absolute Gasteiger partial charge is 0.335 e. The highest BCUT2D eigenvalue weighted by Crippen LogP contribution is 2.38. The van der Waals surface area contributed by atoms with E-state index in [0.717, 1.165) is 12.8 Å². The third-order valence-corrected chi connectivity index (χ3v) is 5.53. The second kappa shape index (κ2) is 7.67. The van der Waals surface area contributed by atoms with Crippen LogP contribution in [-0.4, -0.2) is 46.7 Å². The molecule has 3 aromatic rings. The predicted octanol–water partition coefficient (Wildman–Crippen LogP) is 1.63. The van der Waals surface area contributed by atoms with Crippen molar-refractivity contribution in [3.8, 4) is 17.5 Å². The molecule has 30 heavy (non-hydrogen) atoms. The van der Waals surface area contributed by atoms with E-state index in [1.54, 1.807) is 13.0 Å². The molecule has 2 aromatic heterocycles. The number of aromatic nitrogens is 5. The summed E-state index contributed by atoms with van der Waals surface area (Å²) in [6, 6.07) is 4.94. The highest BCUT2D eigenvalue weighted by molar-refractivity contribution is 7.90. The molecular weight excluding hydrogens is 414 g/mol. The number of carbonyl (C=O) groups excluding carboxylic acids is 1. The molecule has 1 saturated carbocycles. The molecule has 156 valence electrons. The number of hydrogen-bond donors (Lipinski definition) is 2. The fourth-order valence-electron chi connectivity index (χ4n) is 2.63. The van der Waals surface area contributed by atoms with Gasteiger partial charge >= 0.3 is 12.0 Å². The molecule has 4 rings (SSSR count). The summed E-state index contributed by atoms with van der Waals surface area (Å²) in [4.78, 5) is 28.4. The Morgan fingerprint density at radius 2 is 1.93 bits per heavy atom. The molecule has 1 fully saturated rings. The lowest BCUT2D eigenvalue weighted by atomic mass is 10.2. The maximum absolute atomic E-state index is 12.8. The van der Waals surface area contributed by atoms with Gasteiger partial charge < -0.3 is 9.26 Å². The molecule has 1 aromatic carbocycles. The van der Waals surface area contributed by atoms with Gasteiger partial charge in [0.1, 0.15) is 10.7 Å². The number of ether oxygens (including phenoxy) is 1. The maximum atomic E-state index is 12.8. The SMILES string of the molecule is COc1nc(NC(=O)NS(=O)(=O)c2ccccc2-c2nc(C)no2)nc(C2CC2)n1. The van der Waals surface area contributed by atoms with Gasteiger partial charge in [-0.3, -0.25) is 5.32 Å². The Labute approximate surface area is 171 Å². The highest BCUT2D eigenvalue weighted by atomic mass is 32.2. The van der Waals surface area contributed by atoms with E-state index in [-0.39, 0.29) is 34.2 Å². The Morgan fingerprint density at radius 3 is 2.60 bits per heavy atom. The van der Waals surface area contributed by atoms with Gasteiger partial charge in [-0.1, -0.05) is 17.3 Å². The zero-order valence-corrected chi connectivity index (χ0v) is 16.8. The summed E-state index contributed by atoms with van der Waals surface area (Å²) >= 11 is 0. The van der Waals surface area contributed by atoms with Crippen LogP contribution in [0.3, 0.4) is 0 Å². The van der Waals surface area contributed by atoms with Crippen LogP contribution in [0.25, 0.3) is 11.5 Å². The summed E-state index contributed by atoms with van der Waals surface area (Å²) in [5.41, 5.74) is 0.163. The average Bonchev–Trinajstić information content (AvgIpc) is 3.48. The first-order valence-electron chi connectivity index (χ1n) is 8.89. The number of anilines is 1. The topological polar surface area (TPSA) is 162 Å². The number of benzene rings is 1. The average molecular weight is 431 g/mol. The van der Waals surface area contributed by atoms with E-state index in [4.69, 9.17) is 9.26 Å². The van der Waals surface area contributed by atoms with Crippen LogP contribution in [0.5, 0.6) is 6.01 Å². The molecule has 12 nitrogen and oxygen atoms in total. The fourth-order valence-corrected chi connectivity index (χ4v) is 3.74. The van der Waals surface area contributed by atoms with E-state index in [0.29, 0.717) is 11.6 Å². The molecule has 0 radical (unpaired) electrons. The quantitative estimate of drug-likeness (QED) is 0.586. The van der Waals surface area contributed by atoms with E-state index in [1.165, 1.54) is 25.3 Å². The van der Waals surface area contributed by atoms with Crippen LogP contribution < -0.4 is 14.8 Å². The molecule has 1 aliphatic carbocycles. The summed E-state index contributed by atoms with van der Waals surface area (Å²) in [5, 5.41) is 5.97. The van der Waals surface area contributed by atoms with Crippen molar-refractivity contribution in [3.05, 3.63) is 35.9 Å². The fraction of sp³-hybridized carbons (Fsp3) is 0.294. The first kappa shape index (κ1) is 19.7. The van der Waals surface area contributed by atoms with Crippen LogP contribution in [0.4, 0.5) is 10.7 Å². The Bertz CT molecular complexity index is 1210. The summed E-state index contributed by atoms with van der Waals surface area (Å²) in [6.07, 6.45) is 1.86. The zero-order valence-electron chi connectivity index (χ0n) is 16.0. The standard InChI is InChI=1S/C17H17N7O5S/c1-9-18-14(29-23-9)11-5-3-4-6-12(11)30(26,27)24-16(25)21-15-19-13(10-7-8-10)20-17(22-15)28-2/h3-6,10H,7-8H2,1-2H3,(H2,19,20,21,22,24,25). The number of amides is 2. The van der Waals surface area contributed by atoms with Crippen molar-refractivity contribution in [2.75, 3.05) is 12.4 Å². The van der Waals surface area contributed by atoms with Crippen LogP contribution in [0.15, 0.2) is 33.7 Å². The number of carbonyl (C=O) groups is 1. The Hall–Kier alpha value is -3.61. The maximum Gasteiger partial charge on any atom is 0.335 e. The molecule has 2 N–H and O–H groups in total. The lowest BCUT2D eigenvalue weighted by Gasteiger charge is -2.10. The molecule has 0 saturated heterocycles. The molecule has 13 heteroatoms. The molecule has 0 spiro atoms. The number of hydrogen-bond acceptors (Lipinski definition) is 10. The lowest BCUT2D eigenvalue weighted by molar-refractivity contribution is 0.256. The third-order valence-electron chi connectivity index (χ3n) is 4.14. The van der Waals surface area contributed by atoms with Gasteiger partial charge in [-0.25, -0.2) is 17.9 Å². The second-order valence-corrected chi connectivity index (χ2v) is 8.13. The number of nitrogens with one attached hydrogen (secondary N) is 2. The van der Waals surface area contributed by atoms with Crippen molar-refractivity contribution in [1.82, 2.24) is 29.8 Å². The lowest BCUT2D eigenvalue weighted by Crippen LogP contribution is -2.35. The van der Waals surface area contributed by atoms with Gasteiger partial charge in [0.05, 0.1) is 12.7 Å². The first-order chi connectivity index (χ1) is 14.4. The van der Waals surface area contributed by atoms with Crippen LogP contribution in [-0.2, 0) is 10.0 Å². The van der Waals surface area contributed by atoms with Crippen molar-refractivity contribution in [1.29, 1.82) is 0 Å². The van der Waals surface area contributed by atoms with Crippen molar-refractivity contribution < 1.29 is 22.5 Å². The van der Waals surface area contributed by atoms with Crippen molar-refractivity contribution in [3.63, 3.8) is 0 Å². The minimum absolute atomic E-state index is 0.0187. The normalized spacial score (nSPS) is 13.7. The Morgan fingerprint density at radius 1 is 1.17 bits per heavy atom. The Kier molecular flexibility index (Phi) is 5.03. The van der Waals surface area contributed by atoms with Crippen LogP contribution in [0, 0.1) is 6.92 Å². The van der Waals surface area contributed by atoms with E-state index in [9.17, 15) is 13.2 Å². The first-order valence-corrected chi connectivity index (χ1v) is 10.4. The molecule has 2 amide bonds. The van der Waals surface area contributed by atoms with Gasteiger partial charge in [0.2, 0.25) is 5.95 Å². The van der Waals surface area contributed by atoms with Crippen LogP contribution in [0.2, 0.25) is 0 Å². The summed E-state index contributed by atoms with van der Waals surface area (Å²) in [5.74, 6) is 0.914. The van der Waals surface area contributed by atoms with Gasteiger partial charge in [-0.05, 0) is 31.9 Å². The third kappa shape index (κ3) is 4.20. The monoisotopic (exact) mass is 431 g/mol. The number of rotatable bonds is 6. The van der Waals surface area contributed by atoms with Gasteiger partial charge in [-0.15, -0.1) is 0 Å². The molecule has 2 heterocycles. The van der Waals surface area contributed by atoms with Gasteiger partial charge in [-0.2, -0.15) is 19.9 Å². The number of aryl methyl sites for hydroxylation is 1. The van der Waals surface area contributed by atoms with E-state index in [1.807, 2.05) is 4.72 Å². The molecular formula is C17H17N7O5S. The van der Waals surface area contributed by atoms with Gasteiger partial charge in [0.25, 0.3) is 15.9 Å². The molecule has 0 unspecified atom stereocenters. The van der Waals surface area contributed by atoms with Crippen molar-refractivity contribution >= 4 is 22.0 Å². The molecule has 0 bridgehead atoms. The molecule has 0 atom stereocenters. The zero-order chi connectivity index (χ0) is 21.3. The van der Waals surface area contributed by atoms with Crippen molar-refractivity contribution in [2.24, 2.45) is 0 Å². The van der Waals surface area contributed by atoms with E-state index in [2.05, 4.69) is 30.4 Å². The summed E-state index contributed by atoms with van der Waals surface area (Å²) in [6.45, 7) is 1.61. The second-order valence-electron chi connectivity index (χ2n) is 6.48. The number of nitrogens with zero attached hydrogens (tertiary/aromatic N) is 5. The minimum atomic E-state index is -4.27. The predicted molar refractivity (Wildman–Crippen MR) is 102 cm³/mol. The number of urea groups is 1. The van der Waals surface area contributed by atoms with Crippen molar-refractivity contribution in [2.45, 2.75) is 30.6 Å². The minimum Gasteiger partial charge on any atom is -0.467 e. The number of sulfonamides is 1. The largest absolute Gasteiger partial charge is 0.467 e. The number of methoxy groups -OCH3 is 1. The summed E-state index contributed by atoms with van der Waals surface area (Å²) < 4.78 is 37.6. The van der Waals surface area contributed by atoms with Gasteiger partial charge in [0, 0.05) is 5.92 Å². The van der Waals surface area contributed by atoms with Crippen LogP contribution >= 0.6 is 0 Å². The molecule has 1 aliphatic rings. The highest BCUT2D eigenvalue weighted by Gasteiger charge is 2.29.